The van der Waals surface area contributed by atoms with Gasteiger partial charge in [-0.25, -0.2) is 9.97 Å². The van der Waals surface area contributed by atoms with Crippen LogP contribution >= 0.6 is 0 Å². The van der Waals surface area contributed by atoms with E-state index in [1.54, 1.807) is 42.7 Å². The monoisotopic (exact) mass is 348 g/mol. The van der Waals surface area contributed by atoms with Crippen LogP contribution in [0.4, 0.5) is 0 Å². The van der Waals surface area contributed by atoms with Crippen LogP contribution in [0.5, 0.6) is 6.01 Å². The first-order valence-corrected chi connectivity index (χ1v) is 9.37. The Morgan fingerprint density at radius 3 is 2.17 bits per heavy atom. The molecule has 0 saturated heterocycles. The largest absolute Gasteiger partial charge is 0.460 e. The molecule has 0 unspecified atom stereocenters. The summed E-state index contributed by atoms with van der Waals surface area (Å²) in [5.74, 6) is 0. The van der Waals surface area contributed by atoms with E-state index in [0.29, 0.717) is 31.7 Å². The molecule has 24 heavy (non-hydrogen) atoms. The maximum absolute atomic E-state index is 12.3. The molecule has 0 aliphatic heterocycles. The average Bonchev–Trinajstić information content (AvgIpc) is 2.58. The van der Waals surface area contributed by atoms with E-state index in [-0.39, 0.29) is 17.1 Å². The van der Waals surface area contributed by atoms with Gasteiger partial charge in [-0.1, -0.05) is 17.7 Å². The first-order chi connectivity index (χ1) is 11.5. The van der Waals surface area contributed by atoms with E-state index < -0.39 is 10.1 Å². The molecule has 1 heterocycles. The molecular formula is C17H20N2O4S. The second-order valence-electron chi connectivity index (χ2n) is 5.91. The van der Waals surface area contributed by atoms with E-state index in [1.165, 1.54) is 0 Å². The number of benzene rings is 1. The van der Waals surface area contributed by atoms with Gasteiger partial charge in [-0.3, -0.25) is 4.18 Å². The van der Waals surface area contributed by atoms with Gasteiger partial charge in [0.2, 0.25) is 0 Å². The molecule has 1 aromatic heterocycles. The molecule has 0 radical (unpaired) electrons. The van der Waals surface area contributed by atoms with Gasteiger partial charge < -0.3 is 4.74 Å². The van der Waals surface area contributed by atoms with Crippen molar-refractivity contribution in [3.05, 3.63) is 48.3 Å². The summed E-state index contributed by atoms with van der Waals surface area (Å²) in [5.41, 5.74) is 1.01. The molecule has 1 aliphatic carbocycles. The second kappa shape index (κ2) is 7.27. The SMILES string of the molecule is Cc1ccc(S(=O)(=O)OC2CCC(Oc3ncccn3)CC2)cc1. The fourth-order valence-electron chi connectivity index (χ4n) is 2.68. The molecule has 1 aromatic carbocycles. The lowest BCUT2D eigenvalue weighted by atomic mass is 9.95. The van der Waals surface area contributed by atoms with Crippen molar-refractivity contribution in [1.29, 1.82) is 0 Å². The Kier molecular flexibility index (Phi) is 5.11. The number of aryl methyl sites for hydroxylation is 1. The molecule has 0 spiro atoms. The molecule has 1 fully saturated rings. The topological polar surface area (TPSA) is 78.4 Å². The van der Waals surface area contributed by atoms with Crippen LogP contribution in [-0.2, 0) is 14.3 Å². The second-order valence-corrected chi connectivity index (χ2v) is 7.48. The number of ether oxygens (including phenoxy) is 1. The van der Waals surface area contributed by atoms with Gasteiger partial charge >= 0.3 is 6.01 Å². The van der Waals surface area contributed by atoms with Crippen molar-refractivity contribution in [3.63, 3.8) is 0 Å². The van der Waals surface area contributed by atoms with Gasteiger partial charge in [-0.2, -0.15) is 8.42 Å². The highest BCUT2D eigenvalue weighted by molar-refractivity contribution is 7.86. The summed E-state index contributed by atoms with van der Waals surface area (Å²) >= 11 is 0. The zero-order chi connectivity index (χ0) is 17.0. The van der Waals surface area contributed by atoms with Crippen molar-refractivity contribution >= 4 is 10.1 Å². The van der Waals surface area contributed by atoms with Crippen molar-refractivity contribution in [1.82, 2.24) is 9.97 Å². The van der Waals surface area contributed by atoms with E-state index in [2.05, 4.69) is 9.97 Å². The molecule has 0 atom stereocenters. The number of aromatic nitrogens is 2. The van der Waals surface area contributed by atoms with E-state index >= 15 is 0 Å². The Morgan fingerprint density at radius 2 is 1.54 bits per heavy atom. The lowest BCUT2D eigenvalue weighted by Crippen LogP contribution is -2.30. The van der Waals surface area contributed by atoms with Gasteiger partial charge in [0, 0.05) is 12.4 Å². The van der Waals surface area contributed by atoms with Crippen molar-refractivity contribution in [2.24, 2.45) is 0 Å². The molecule has 0 N–H and O–H groups in total. The summed E-state index contributed by atoms with van der Waals surface area (Å²) in [5, 5.41) is 0. The highest BCUT2D eigenvalue weighted by Gasteiger charge is 2.28. The number of hydrogen-bond donors (Lipinski definition) is 0. The van der Waals surface area contributed by atoms with E-state index in [4.69, 9.17) is 8.92 Å². The molecule has 7 heteroatoms. The summed E-state index contributed by atoms with van der Waals surface area (Å²) in [6.07, 6.45) is 5.63. The van der Waals surface area contributed by atoms with Gasteiger partial charge in [0.15, 0.2) is 0 Å². The van der Waals surface area contributed by atoms with Crippen LogP contribution in [0.3, 0.4) is 0 Å². The summed E-state index contributed by atoms with van der Waals surface area (Å²) in [7, 11) is -3.72. The minimum Gasteiger partial charge on any atom is -0.460 e. The number of nitrogens with zero attached hydrogens (tertiary/aromatic N) is 2. The molecule has 2 aromatic rings. The molecule has 6 nitrogen and oxygen atoms in total. The van der Waals surface area contributed by atoms with Crippen LogP contribution in [0.15, 0.2) is 47.6 Å². The van der Waals surface area contributed by atoms with Crippen molar-refractivity contribution in [2.45, 2.75) is 49.7 Å². The quantitative estimate of drug-likeness (QED) is 0.773. The summed E-state index contributed by atoms with van der Waals surface area (Å²) in [6.45, 7) is 1.91. The van der Waals surface area contributed by atoms with E-state index in [9.17, 15) is 8.42 Å². The summed E-state index contributed by atoms with van der Waals surface area (Å²) in [4.78, 5) is 8.27. The van der Waals surface area contributed by atoms with Crippen LogP contribution in [-0.4, -0.2) is 30.6 Å². The Hall–Kier alpha value is -1.99. The van der Waals surface area contributed by atoms with Gasteiger partial charge in [-0.15, -0.1) is 0 Å². The molecule has 128 valence electrons. The first kappa shape index (κ1) is 16.9. The maximum atomic E-state index is 12.3. The van der Waals surface area contributed by atoms with Crippen LogP contribution in [0.25, 0.3) is 0 Å². The smallest absolute Gasteiger partial charge is 0.316 e. The Morgan fingerprint density at radius 1 is 0.958 bits per heavy atom. The molecule has 1 saturated carbocycles. The normalized spacial score (nSPS) is 21.4. The average molecular weight is 348 g/mol. The Bertz CT molecular complexity index is 755. The number of hydrogen-bond acceptors (Lipinski definition) is 6. The third-order valence-electron chi connectivity index (χ3n) is 4.01. The van der Waals surface area contributed by atoms with E-state index in [0.717, 1.165) is 5.56 Å². The lowest BCUT2D eigenvalue weighted by Gasteiger charge is -2.27. The van der Waals surface area contributed by atoms with Crippen molar-refractivity contribution < 1.29 is 17.3 Å². The highest BCUT2D eigenvalue weighted by atomic mass is 32.2. The Labute approximate surface area is 142 Å². The van der Waals surface area contributed by atoms with Gasteiger partial charge in [0.05, 0.1) is 11.0 Å². The van der Waals surface area contributed by atoms with Crippen LogP contribution < -0.4 is 4.74 Å². The molecule has 1 aliphatic rings. The van der Waals surface area contributed by atoms with Gasteiger partial charge in [0.25, 0.3) is 10.1 Å². The predicted octanol–water partition coefficient (Wildman–Crippen LogP) is 2.88. The van der Waals surface area contributed by atoms with Crippen molar-refractivity contribution in [3.8, 4) is 6.01 Å². The van der Waals surface area contributed by atoms with Crippen LogP contribution in [0.2, 0.25) is 0 Å². The standard InChI is InChI=1S/C17H20N2O4S/c1-13-3-9-16(10-4-13)24(20,21)23-15-7-5-14(6-8-15)22-17-18-11-2-12-19-17/h2-4,9-12,14-15H,5-8H2,1H3. The minimum absolute atomic E-state index is 0.00525. The number of rotatable bonds is 5. The van der Waals surface area contributed by atoms with Gasteiger partial charge in [-0.05, 0) is 50.8 Å². The fourth-order valence-corrected chi connectivity index (χ4v) is 3.81. The van der Waals surface area contributed by atoms with Crippen LogP contribution in [0.1, 0.15) is 31.2 Å². The maximum Gasteiger partial charge on any atom is 0.316 e. The third kappa shape index (κ3) is 4.30. The third-order valence-corrected chi connectivity index (χ3v) is 5.38. The fraction of sp³-hybridized carbons (Fsp3) is 0.412. The zero-order valence-corrected chi connectivity index (χ0v) is 14.3. The minimum atomic E-state index is -3.72. The van der Waals surface area contributed by atoms with Crippen LogP contribution in [0, 0.1) is 6.92 Å². The van der Waals surface area contributed by atoms with Gasteiger partial charge in [0.1, 0.15) is 6.10 Å². The highest BCUT2D eigenvalue weighted by Crippen LogP contribution is 2.27. The van der Waals surface area contributed by atoms with E-state index in [1.807, 2.05) is 6.92 Å². The zero-order valence-electron chi connectivity index (χ0n) is 13.5. The molecule has 3 rings (SSSR count). The lowest BCUT2D eigenvalue weighted by molar-refractivity contribution is 0.0782. The molecule has 0 bridgehead atoms. The Balaban J connectivity index is 1.54. The van der Waals surface area contributed by atoms with Crippen molar-refractivity contribution in [2.75, 3.05) is 0 Å². The molecule has 0 amide bonds. The summed E-state index contributed by atoms with van der Waals surface area (Å²) in [6, 6.07) is 8.77. The summed E-state index contributed by atoms with van der Waals surface area (Å²) < 4.78 is 35.7. The molecular weight excluding hydrogens is 328 g/mol. The predicted molar refractivity (Wildman–Crippen MR) is 88.2 cm³/mol. The first-order valence-electron chi connectivity index (χ1n) is 7.96.